The third-order valence-corrected chi connectivity index (χ3v) is 7.06. The molecular weight excluding hydrogens is 484 g/mol. The van der Waals surface area contributed by atoms with E-state index in [1.54, 1.807) is 37.5 Å². The van der Waals surface area contributed by atoms with Crippen LogP contribution < -0.4 is 21.5 Å². The summed E-state index contributed by atoms with van der Waals surface area (Å²) >= 11 is 0. The van der Waals surface area contributed by atoms with Crippen LogP contribution in [0.3, 0.4) is 0 Å². The fourth-order valence-electron chi connectivity index (χ4n) is 4.79. The summed E-state index contributed by atoms with van der Waals surface area (Å²) in [7, 11) is 1.59. The van der Waals surface area contributed by atoms with E-state index >= 15 is 0 Å². The van der Waals surface area contributed by atoms with E-state index in [0.29, 0.717) is 47.0 Å². The summed E-state index contributed by atoms with van der Waals surface area (Å²) < 4.78 is 6.89. The molecule has 1 saturated heterocycles. The van der Waals surface area contributed by atoms with Gasteiger partial charge in [0.05, 0.1) is 12.7 Å². The maximum absolute atomic E-state index is 13.0. The van der Waals surface area contributed by atoms with Gasteiger partial charge in [0, 0.05) is 48.8 Å². The molecule has 2 heterocycles. The van der Waals surface area contributed by atoms with Gasteiger partial charge in [-0.25, -0.2) is 4.79 Å². The Bertz CT molecular complexity index is 1390. The Kier molecular flexibility index (Phi) is 7.57. The number of nitrogens with one attached hydrogen (secondary N) is 3. The van der Waals surface area contributed by atoms with Crippen LogP contribution in [0, 0.1) is 0 Å². The molecule has 9 nitrogen and oxygen atoms in total. The van der Waals surface area contributed by atoms with E-state index in [1.165, 1.54) is 23.0 Å². The predicted molar refractivity (Wildman–Crippen MR) is 145 cm³/mol. The number of hydrogen-bond acceptors (Lipinski definition) is 5. The lowest BCUT2D eigenvalue weighted by molar-refractivity contribution is 0.102. The van der Waals surface area contributed by atoms with E-state index in [-0.39, 0.29) is 29.9 Å². The van der Waals surface area contributed by atoms with Crippen LogP contribution in [0.4, 0.5) is 16.2 Å². The Morgan fingerprint density at radius 1 is 1.05 bits per heavy atom. The van der Waals surface area contributed by atoms with E-state index < -0.39 is 6.03 Å². The van der Waals surface area contributed by atoms with Crippen LogP contribution in [0.25, 0.3) is 11.1 Å². The maximum atomic E-state index is 13.0. The van der Waals surface area contributed by atoms with Gasteiger partial charge in [0.15, 0.2) is 0 Å². The smallest absolute Gasteiger partial charge is 0.319 e. The van der Waals surface area contributed by atoms with Crippen molar-refractivity contribution < 1.29 is 19.4 Å². The number of rotatable bonds is 8. The van der Waals surface area contributed by atoms with Crippen LogP contribution in [0.15, 0.2) is 59.5 Å². The fraction of sp³-hybridized carbons (Fsp3) is 0.345. The van der Waals surface area contributed by atoms with Gasteiger partial charge in [-0.3, -0.25) is 9.59 Å². The van der Waals surface area contributed by atoms with Gasteiger partial charge in [-0.15, -0.1) is 0 Å². The highest BCUT2D eigenvalue weighted by Crippen LogP contribution is 2.40. The lowest BCUT2D eigenvalue weighted by atomic mass is 9.99. The van der Waals surface area contributed by atoms with Crippen LogP contribution in [-0.2, 0) is 18.4 Å². The molecule has 1 aromatic heterocycles. The SMILES string of the molecule is Cn1cc(-c2cccc(NC(=O)c3ccc(C4CC4)cc3)c2CO)cc(NC(=O)NCC2CCCO2)c1=O. The number of pyridine rings is 1. The highest BCUT2D eigenvalue weighted by molar-refractivity contribution is 6.05. The molecule has 1 saturated carbocycles. The van der Waals surface area contributed by atoms with Crippen molar-refractivity contribution in [2.75, 3.05) is 23.8 Å². The van der Waals surface area contributed by atoms with E-state index in [0.717, 1.165) is 12.8 Å². The minimum Gasteiger partial charge on any atom is -0.392 e. The van der Waals surface area contributed by atoms with Gasteiger partial charge < -0.3 is 30.4 Å². The summed E-state index contributed by atoms with van der Waals surface area (Å²) in [6.07, 6.45) is 5.86. The zero-order chi connectivity index (χ0) is 26.6. The van der Waals surface area contributed by atoms with Crippen molar-refractivity contribution in [3.05, 3.63) is 81.8 Å². The summed E-state index contributed by atoms with van der Waals surface area (Å²) in [6.45, 7) is 0.724. The molecule has 0 bridgehead atoms. The normalized spacial score (nSPS) is 16.7. The van der Waals surface area contributed by atoms with E-state index in [1.807, 2.05) is 24.3 Å². The minimum absolute atomic E-state index is 0.0175. The minimum atomic E-state index is -0.495. The van der Waals surface area contributed by atoms with Crippen molar-refractivity contribution in [3.8, 4) is 11.1 Å². The number of amides is 3. The van der Waals surface area contributed by atoms with Crippen molar-refractivity contribution in [2.24, 2.45) is 7.05 Å². The molecule has 2 fully saturated rings. The van der Waals surface area contributed by atoms with E-state index in [4.69, 9.17) is 4.74 Å². The largest absolute Gasteiger partial charge is 0.392 e. The molecule has 0 spiro atoms. The van der Waals surface area contributed by atoms with Crippen molar-refractivity contribution in [1.82, 2.24) is 9.88 Å². The third-order valence-electron chi connectivity index (χ3n) is 7.06. The zero-order valence-electron chi connectivity index (χ0n) is 21.3. The number of anilines is 2. The molecule has 3 aromatic rings. The first-order valence-electron chi connectivity index (χ1n) is 12.9. The molecule has 4 N–H and O–H groups in total. The highest BCUT2D eigenvalue weighted by Gasteiger charge is 2.23. The molecule has 9 heteroatoms. The molecule has 2 aromatic carbocycles. The molecule has 198 valence electrons. The lowest BCUT2D eigenvalue weighted by Crippen LogP contribution is -2.36. The number of hydrogen-bond donors (Lipinski definition) is 4. The molecule has 1 aliphatic carbocycles. The van der Waals surface area contributed by atoms with Crippen LogP contribution in [0.2, 0.25) is 0 Å². The van der Waals surface area contributed by atoms with Crippen molar-refractivity contribution >= 4 is 23.3 Å². The number of nitrogens with zero attached hydrogens (tertiary/aromatic N) is 1. The van der Waals surface area contributed by atoms with E-state index in [9.17, 15) is 19.5 Å². The van der Waals surface area contributed by atoms with E-state index in [2.05, 4.69) is 16.0 Å². The van der Waals surface area contributed by atoms with Gasteiger partial charge in [-0.05, 0) is 67.0 Å². The predicted octanol–water partition coefficient (Wildman–Crippen LogP) is 3.97. The van der Waals surface area contributed by atoms with Gasteiger partial charge in [0.2, 0.25) is 0 Å². The number of aryl methyl sites for hydroxylation is 1. The molecule has 38 heavy (non-hydrogen) atoms. The maximum Gasteiger partial charge on any atom is 0.319 e. The number of benzene rings is 2. The topological polar surface area (TPSA) is 122 Å². The Balaban J connectivity index is 1.36. The molecule has 1 aliphatic heterocycles. The van der Waals surface area contributed by atoms with Crippen molar-refractivity contribution in [1.29, 1.82) is 0 Å². The van der Waals surface area contributed by atoms with Gasteiger partial charge in [-0.2, -0.15) is 0 Å². The Hall–Kier alpha value is -3.95. The molecule has 1 unspecified atom stereocenters. The second-order valence-electron chi connectivity index (χ2n) is 9.87. The number of aromatic nitrogens is 1. The Morgan fingerprint density at radius 2 is 1.84 bits per heavy atom. The van der Waals surface area contributed by atoms with Crippen molar-refractivity contribution in [2.45, 2.75) is 44.3 Å². The average Bonchev–Trinajstić information content (AvgIpc) is 3.64. The summed E-state index contributed by atoms with van der Waals surface area (Å²) in [4.78, 5) is 38.1. The third kappa shape index (κ3) is 5.79. The first-order chi connectivity index (χ1) is 18.4. The van der Waals surface area contributed by atoms with Gasteiger partial charge in [0.25, 0.3) is 11.5 Å². The van der Waals surface area contributed by atoms with Crippen LogP contribution in [0.1, 0.15) is 53.1 Å². The molecule has 3 amide bonds. The summed E-state index contributed by atoms with van der Waals surface area (Å²) in [5, 5.41) is 18.5. The van der Waals surface area contributed by atoms with Gasteiger partial charge in [-0.1, -0.05) is 24.3 Å². The second kappa shape index (κ2) is 11.2. The number of carbonyl (C=O) groups is 2. The number of carbonyl (C=O) groups excluding carboxylic acids is 2. The first-order valence-corrected chi connectivity index (χ1v) is 12.9. The summed E-state index contributed by atoms with van der Waals surface area (Å²) in [6, 6.07) is 14.0. The lowest BCUT2D eigenvalue weighted by Gasteiger charge is -2.16. The molecule has 1 atom stereocenters. The van der Waals surface area contributed by atoms with Crippen LogP contribution >= 0.6 is 0 Å². The molecule has 0 radical (unpaired) electrons. The average molecular weight is 517 g/mol. The number of aliphatic hydroxyl groups is 1. The quantitative estimate of drug-likeness (QED) is 0.361. The first kappa shape index (κ1) is 25.7. The van der Waals surface area contributed by atoms with Crippen LogP contribution in [0.5, 0.6) is 0 Å². The monoisotopic (exact) mass is 516 g/mol. The Morgan fingerprint density at radius 3 is 2.53 bits per heavy atom. The highest BCUT2D eigenvalue weighted by atomic mass is 16.5. The number of aliphatic hydroxyl groups excluding tert-OH is 1. The fourth-order valence-corrected chi connectivity index (χ4v) is 4.79. The molecule has 5 rings (SSSR count). The summed E-state index contributed by atoms with van der Waals surface area (Å²) in [5.41, 5.74) is 3.73. The standard InChI is InChI=1S/C29H32N4O5/c1-33-16-21(14-26(28(33)36)32-29(37)30-15-22-4-3-13-38-22)23-5-2-6-25(24(23)17-34)31-27(35)20-11-9-19(10-12-20)18-7-8-18/h2,5-6,9-12,14,16,18,22,34H,3-4,7-8,13,15,17H2,1H3,(H,31,35)(H2,30,32,37). The number of ether oxygens (including phenoxy) is 1. The molecule has 2 aliphatic rings. The van der Waals surface area contributed by atoms with Gasteiger partial charge in [0.1, 0.15) is 5.69 Å². The Labute approximate surface area is 220 Å². The molecular formula is C29H32N4O5. The van der Waals surface area contributed by atoms with Crippen LogP contribution in [-0.4, -0.2) is 40.9 Å². The van der Waals surface area contributed by atoms with Crippen molar-refractivity contribution in [3.63, 3.8) is 0 Å². The summed E-state index contributed by atoms with van der Waals surface area (Å²) in [5.74, 6) is 0.336. The van der Waals surface area contributed by atoms with Gasteiger partial charge >= 0.3 is 6.03 Å². The second-order valence-corrected chi connectivity index (χ2v) is 9.87. The zero-order valence-corrected chi connectivity index (χ0v) is 21.3. The number of urea groups is 1.